The van der Waals surface area contributed by atoms with Crippen molar-refractivity contribution in [1.82, 2.24) is 0 Å². The Morgan fingerprint density at radius 1 is 1.00 bits per heavy atom. The molecule has 0 saturated heterocycles. The molecule has 0 radical (unpaired) electrons. The molecule has 0 aliphatic carbocycles. The van der Waals surface area contributed by atoms with Gasteiger partial charge in [-0.3, -0.25) is 4.79 Å². The Kier molecular flexibility index (Phi) is 4.72. The highest BCUT2D eigenvalue weighted by atomic mass is 16.6. The molecule has 4 nitrogen and oxygen atoms in total. The van der Waals surface area contributed by atoms with E-state index in [0.29, 0.717) is 16.9 Å². The van der Waals surface area contributed by atoms with E-state index in [-0.39, 0.29) is 5.78 Å². The monoisotopic (exact) mass is 284 g/mol. The van der Waals surface area contributed by atoms with E-state index >= 15 is 0 Å². The third-order valence-electron chi connectivity index (χ3n) is 3.01. The second-order valence-corrected chi connectivity index (χ2v) is 4.52. The highest BCUT2D eigenvalue weighted by molar-refractivity contribution is 5.94. The number of methoxy groups -OCH3 is 1. The molecular formula is C17H16O4. The molecule has 0 saturated carbocycles. The van der Waals surface area contributed by atoms with Crippen LogP contribution in [0.3, 0.4) is 0 Å². The van der Waals surface area contributed by atoms with Gasteiger partial charge in [0.1, 0.15) is 5.75 Å². The van der Waals surface area contributed by atoms with Crippen molar-refractivity contribution in [2.45, 2.75) is 13.0 Å². The van der Waals surface area contributed by atoms with Crippen molar-refractivity contribution < 1.29 is 19.1 Å². The van der Waals surface area contributed by atoms with Gasteiger partial charge in [-0.2, -0.15) is 0 Å². The third-order valence-corrected chi connectivity index (χ3v) is 3.01. The van der Waals surface area contributed by atoms with E-state index in [4.69, 9.17) is 9.47 Å². The Morgan fingerprint density at radius 3 is 2.33 bits per heavy atom. The molecule has 2 rings (SSSR count). The van der Waals surface area contributed by atoms with Crippen LogP contribution in [0.4, 0.5) is 0 Å². The molecule has 0 heterocycles. The average Bonchev–Trinajstić information content (AvgIpc) is 2.53. The number of carbonyl (C=O) groups excluding carboxylic acids is 2. The Balaban J connectivity index is 2.29. The van der Waals surface area contributed by atoms with Crippen molar-refractivity contribution in [1.29, 1.82) is 0 Å². The fourth-order valence-electron chi connectivity index (χ4n) is 1.91. The van der Waals surface area contributed by atoms with Crippen molar-refractivity contribution in [2.24, 2.45) is 0 Å². The van der Waals surface area contributed by atoms with Crippen molar-refractivity contribution in [3.8, 4) is 5.75 Å². The normalized spacial score (nSPS) is 11.5. The Bertz CT molecular complexity index is 634. The van der Waals surface area contributed by atoms with Crippen LogP contribution in [0.15, 0.2) is 54.6 Å². The number of hydrogen-bond donors (Lipinski definition) is 0. The molecule has 2 aromatic carbocycles. The van der Waals surface area contributed by atoms with Crippen LogP contribution in [0.25, 0.3) is 0 Å². The Morgan fingerprint density at radius 2 is 1.71 bits per heavy atom. The first-order valence-corrected chi connectivity index (χ1v) is 6.52. The molecule has 0 aromatic heterocycles. The average molecular weight is 284 g/mol. The number of rotatable bonds is 5. The van der Waals surface area contributed by atoms with Crippen LogP contribution in [0.2, 0.25) is 0 Å². The molecule has 0 aliphatic rings. The molecule has 1 unspecified atom stereocenters. The lowest BCUT2D eigenvalue weighted by Crippen LogP contribution is -2.20. The molecule has 0 amide bonds. The van der Waals surface area contributed by atoms with Crippen LogP contribution in [0, 0.1) is 0 Å². The van der Waals surface area contributed by atoms with Crippen LogP contribution < -0.4 is 4.74 Å². The summed E-state index contributed by atoms with van der Waals surface area (Å²) >= 11 is 0. The molecule has 0 spiro atoms. The fourth-order valence-corrected chi connectivity index (χ4v) is 1.91. The summed E-state index contributed by atoms with van der Waals surface area (Å²) < 4.78 is 10.5. The van der Waals surface area contributed by atoms with Crippen molar-refractivity contribution >= 4 is 11.8 Å². The molecule has 0 aliphatic heterocycles. The van der Waals surface area contributed by atoms with E-state index in [1.54, 1.807) is 36.4 Å². The summed E-state index contributed by atoms with van der Waals surface area (Å²) in [6.07, 6.45) is -0.863. The van der Waals surface area contributed by atoms with Crippen LogP contribution in [0.5, 0.6) is 5.75 Å². The van der Waals surface area contributed by atoms with Gasteiger partial charge in [-0.15, -0.1) is 0 Å². The smallest absolute Gasteiger partial charge is 0.351 e. The number of esters is 1. The van der Waals surface area contributed by atoms with Gasteiger partial charge in [0, 0.05) is 11.1 Å². The van der Waals surface area contributed by atoms with Gasteiger partial charge in [0.15, 0.2) is 5.78 Å². The lowest BCUT2D eigenvalue weighted by atomic mass is 10.1. The first kappa shape index (κ1) is 14.8. The molecule has 0 fully saturated rings. The van der Waals surface area contributed by atoms with Crippen LogP contribution in [-0.2, 0) is 9.53 Å². The summed E-state index contributed by atoms with van der Waals surface area (Å²) in [5.41, 5.74) is 1.22. The van der Waals surface area contributed by atoms with Crippen LogP contribution in [-0.4, -0.2) is 18.9 Å². The molecule has 21 heavy (non-hydrogen) atoms. The van der Waals surface area contributed by atoms with Gasteiger partial charge in [0.05, 0.1) is 7.11 Å². The molecule has 0 bridgehead atoms. The van der Waals surface area contributed by atoms with Crippen LogP contribution in [0.1, 0.15) is 28.9 Å². The maximum Gasteiger partial charge on any atom is 0.351 e. The third kappa shape index (κ3) is 3.69. The van der Waals surface area contributed by atoms with E-state index in [1.165, 1.54) is 14.0 Å². The predicted molar refractivity (Wildman–Crippen MR) is 78.3 cm³/mol. The molecule has 108 valence electrons. The second kappa shape index (κ2) is 6.70. The van der Waals surface area contributed by atoms with Gasteiger partial charge in [-0.05, 0) is 19.1 Å². The van der Waals surface area contributed by atoms with Crippen molar-refractivity contribution in [3.63, 3.8) is 0 Å². The van der Waals surface area contributed by atoms with Gasteiger partial charge in [-0.25, -0.2) is 4.79 Å². The van der Waals surface area contributed by atoms with Gasteiger partial charge in [-0.1, -0.05) is 42.5 Å². The number of hydrogen-bond acceptors (Lipinski definition) is 4. The van der Waals surface area contributed by atoms with Gasteiger partial charge in [0.2, 0.25) is 6.10 Å². The fraction of sp³-hybridized carbons (Fsp3) is 0.176. The quantitative estimate of drug-likeness (QED) is 0.625. The minimum Gasteiger partial charge on any atom is -0.474 e. The minimum atomic E-state index is -0.863. The summed E-state index contributed by atoms with van der Waals surface area (Å²) in [7, 11) is 1.31. The summed E-state index contributed by atoms with van der Waals surface area (Å²) in [6.45, 7) is 1.48. The molecule has 2 aromatic rings. The Labute approximate surface area is 123 Å². The highest BCUT2D eigenvalue weighted by Gasteiger charge is 2.23. The summed E-state index contributed by atoms with van der Waals surface area (Å²) in [4.78, 5) is 23.3. The van der Waals surface area contributed by atoms with Crippen molar-refractivity contribution in [3.05, 3.63) is 65.7 Å². The van der Waals surface area contributed by atoms with Gasteiger partial charge < -0.3 is 9.47 Å². The summed E-state index contributed by atoms with van der Waals surface area (Å²) in [6, 6.07) is 15.8. The molecule has 1 atom stereocenters. The topological polar surface area (TPSA) is 52.6 Å². The molecule has 0 N–H and O–H groups in total. The van der Waals surface area contributed by atoms with E-state index in [9.17, 15) is 9.59 Å². The van der Waals surface area contributed by atoms with Crippen LogP contribution >= 0.6 is 0 Å². The lowest BCUT2D eigenvalue weighted by molar-refractivity contribution is -0.149. The second-order valence-electron chi connectivity index (χ2n) is 4.52. The standard InChI is InChI=1S/C17H16O4/c1-12(18)14-9-6-10-15(11-14)21-16(17(19)20-2)13-7-4-3-5-8-13/h3-11,16H,1-2H3. The number of Topliss-reactive ketones (excluding diaryl/α,β-unsaturated/α-hetero) is 1. The minimum absolute atomic E-state index is 0.0604. The zero-order valence-corrected chi connectivity index (χ0v) is 11.9. The van der Waals surface area contributed by atoms with Gasteiger partial charge >= 0.3 is 5.97 Å². The van der Waals surface area contributed by atoms with E-state index in [1.807, 2.05) is 18.2 Å². The largest absolute Gasteiger partial charge is 0.474 e. The zero-order valence-electron chi connectivity index (χ0n) is 11.9. The SMILES string of the molecule is COC(=O)C(Oc1cccc(C(C)=O)c1)c1ccccc1. The predicted octanol–water partition coefficient (Wildman–Crippen LogP) is 3.18. The zero-order chi connectivity index (χ0) is 15.2. The first-order valence-electron chi connectivity index (χ1n) is 6.52. The first-order chi connectivity index (χ1) is 10.1. The van der Waals surface area contributed by atoms with E-state index in [0.717, 1.165) is 0 Å². The maximum absolute atomic E-state index is 11.9. The summed E-state index contributed by atoms with van der Waals surface area (Å²) in [5, 5.41) is 0. The lowest BCUT2D eigenvalue weighted by Gasteiger charge is -2.17. The van der Waals surface area contributed by atoms with Gasteiger partial charge in [0.25, 0.3) is 0 Å². The van der Waals surface area contributed by atoms with E-state index in [2.05, 4.69) is 0 Å². The highest BCUT2D eigenvalue weighted by Crippen LogP contribution is 2.24. The van der Waals surface area contributed by atoms with E-state index < -0.39 is 12.1 Å². The molecular weight excluding hydrogens is 268 g/mol. The Hall–Kier alpha value is -2.62. The number of ketones is 1. The number of benzene rings is 2. The summed E-state index contributed by atoms with van der Waals surface area (Å²) in [5.74, 6) is -0.105. The number of carbonyl (C=O) groups is 2. The molecule has 4 heteroatoms. The van der Waals surface area contributed by atoms with Crippen molar-refractivity contribution in [2.75, 3.05) is 7.11 Å². The number of ether oxygens (including phenoxy) is 2. The maximum atomic E-state index is 11.9.